The molecule has 86 valence electrons. The van der Waals surface area contributed by atoms with Crippen molar-refractivity contribution >= 4 is 11.0 Å². The largest absolute Gasteiger partial charge is 0.456 e. The fourth-order valence-electron chi connectivity index (χ4n) is 1.97. The molecule has 1 heterocycles. The molecule has 1 aromatic carbocycles. The van der Waals surface area contributed by atoms with Crippen molar-refractivity contribution in [2.45, 2.75) is 27.3 Å². The van der Waals surface area contributed by atoms with Gasteiger partial charge in [0.25, 0.3) is 0 Å². The highest BCUT2D eigenvalue weighted by Gasteiger charge is 2.14. The molecule has 0 radical (unpaired) electrons. The van der Waals surface area contributed by atoms with Gasteiger partial charge in [-0.05, 0) is 32.0 Å². The molecule has 3 heteroatoms. The van der Waals surface area contributed by atoms with Gasteiger partial charge >= 0.3 is 0 Å². The van der Waals surface area contributed by atoms with Crippen molar-refractivity contribution in [3.8, 4) is 0 Å². The smallest absolute Gasteiger partial charge is 0.170 e. The first-order valence-corrected chi connectivity index (χ1v) is 5.53. The van der Waals surface area contributed by atoms with Crippen LogP contribution in [0.3, 0.4) is 0 Å². The molecule has 0 fully saturated rings. The van der Waals surface area contributed by atoms with E-state index in [1.54, 1.807) is 6.07 Å². The van der Waals surface area contributed by atoms with E-state index in [1.165, 1.54) is 6.07 Å². The van der Waals surface area contributed by atoms with Crippen LogP contribution in [0.25, 0.3) is 11.0 Å². The lowest BCUT2D eigenvalue weighted by Gasteiger charge is -1.98. The zero-order valence-corrected chi connectivity index (χ0v) is 9.86. The van der Waals surface area contributed by atoms with Crippen LogP contribution in [-0.2, 0) is 6.54 Å². The van der Waals surface area contributed by atoms with Crippen molar-refractivity contribution in [1.82, 2.24) is 5.32 Å². The molecule has 0 saturated carbocycles. The Hall–Kier alpha value is -1.35. The van der Waals surface area contributed by atoms with E-state index in [1.807, 2.05) is 20.8 Å². The third kappa shape index (κ3) is 1.71. The lowest BCUT2D eigenvalue weighted by Crippen LogP contribution is -2.11. The summed E-state index contributed by atoms with van der Waals surface area (Å²) in [7, 11) is 0. The molecule has 1 N–H and O–H groups in total. The molecule has 16 heavy (non-hydrogen) atoms. The average Bonchev–Trinajstić information content (AvgIpc) is 2.60. The normalized spacial score (nSPS) is 11.2. The fraction of sp³-hybridized carbons (Fsp3) is 0.385. The van der Waals surface area contributed by atoms with Gasteiger partial charge in [-0.2, -0.15) is 0 Å². The van der Waals surface area contributed by atoms with Gasteiger partial charge in [-0.15, -0.1) is 0 Å². The van der Waals surface area contributed by atoms with Crippen molar-refractivity contribution in [3.05, 3.63) is 34.8 Å². The van der Waals surface area contributed by atoms with E-state index in [2.05, 4.69) is 5.32 Å². The van der Waals surface area contributed by atoms with Crippen molar-refractivity contribution in [1.29, 1.82) is 0 Å². The molecular formula is C13H16FNO. The number of nitrogens with one attached hydrogen (secondary N) is 1. The predicted molar refractivity (Wildman–Crippen MR) is 63.0 cm³/mol. The Balaban J connectivity index is 2.58. The fourth-order valence-corrected chi connectivity index (χ4v) is 1.97. The van der Waals surface area contributed by atoms with Crippen LogP contribution in [0, 0.1) is 19.7 Å². The molecule has 0 bridgehead atoms. The van der Waals surface area contributed by atoms with Gasteiger partial charge in [-0.25, -0.2) is 4.39 Å². The standard InChI is InChI=1S/C13H16FNO/c1-4-15-7-11-9(3)12-8(2)5-6-10(14)13(12)16-11/h5-6,15H,4,7H2,1-3H3. The number of hydrogen-bond acceptors (Lipinski definition) is 2. The highest BCUT2D eigenvalue weighted by atomic mass is 19.1. The Labute approximate surface area is 94.4 Å². The van der Waals surface area contributed by atoms with Gasteiger partial charge in [-0.3, -0.25) is 0 Å². The van der Waals surface area contributed by atoms with Crippen molar-refractivity contribution in [2.75, 3.05) is 6.54 Å². The number of furan rings is 1. The van der Waals surface area contributed by atoms with Gasteiger partial charge in [0.2, 0.25) is 0 Å². The van der Waals surface area contributed by atoms with Crippen LogP contribution in [0.5, 0.6) is 0 Å². The van der Waals surface area contributed by atoms with E-state index in [0.717, 1.165) is 28.8 Å². The number of rotatable bonds is 3. The van der Waals surface area contributed by atoms with Crippen LogP contribution in [0.2, 0.25) is 0 Å². The SMILES string of the molecule is CCNCc1oc2c(F)ccc(C)c2c1C. The second-order valence-corrected chi connectivity index (χ2v) is 4.00. The molecule has 2 rings (SSSR count). The van der Waals surface area contributed by atoms with Crippen LogP contribution in [-0.4, -0.2) is 6.54 Å². The zero-order valence-electron chi connectivity index (χ0n) is 9.86. The first-order chi connectivity index (χ1) is 7.65. The van der Waals surface area contributed by atoms with E-state index in [0.29, 0.717) is 12.1 Å². The maximum Gasteiger partial charge on any atom is 0.170 e. The molecule has 0 saturated heterocycles. The third-order valence-electron chi connectivity index (χ3n) is 2.87. The Morgan fingerprint density at radius 1 is 1.31 bits per heavy atom. The maximum absolute atomic E-state index is 13.6. The Morgan fingerprint density at radius 2 is 2.06 bits per heavy atom. The molecule has 0 spiro atoms. The molecule has 0 atom stereocenters. The number of halogens is 1. The van der Waals surface area contributed by atoms with Crippen LogP contribution >= 0.6 is 0 Å². The molecular weight excluding hydrogens is 205 g/mol. The predicted octanol–water partition coefficient (Wildman–Crippen LogP) is 3.30. The zero-order chi connectivity index (χ0) is 11.7. The molecule has 0 aliphatic heterocycles. The van der Waals surface area contributed by atoms with E-state index in [-0.39, 0.29) is 5.82 Å². The van der Waals surface area contributed by atoms with Crippen LogP contribution < -0.4 is 5.32 Å². The highest BCUT2D eigenvalue weighted by Crippen LogP contribution is 2.29. The molecule has 0 amide bonds. The summed E-state index contributed by atoms with van der Waals surface area (Å²) >= 11 is 0. The molecule has 0 unspecified atom stereocenters. The van der Waals surface area contributed by atoms with Gasteiger partial charge in [-0.1, -0.05) is 13.0 Å². The summed E-state index contributed by atoms with van der Waals surface area (Å²) in [5.74, 6) is 0.538. The third-order valence-corrected chi connectivity index (χ3v) is 2.87. The van der Waals surface area contributed by atoms with Gasteiger partial charge in [0.1, 0.15) is 5.76 Å². The van der Waals surface area contributed by atoms with E-state index >= 15 is 0 Å². The summed E-state index contributed by atoms with van der Waals surface area (Å²) < 4.78 is 19.1. The van der Waals surface area contributed by atoms with E-state index in [9.17, 15) is 4.39 Å². The summed E-state index contributed by atoms with van der Waals surface area (Å²) in [5.41, 5.74) is 2.47. The van der Waals surface area contributed by atoms with Crippen LogP contribution in [0.1, 0.15) is 23.8 Å². The summed E-state index contributed by atoms with van der Waals surface area (Å²) in [4.78, 5) is 0. The van der Waals surface area contributed by atoms with Gasteiger partial charge in [0.05, 0.1) is 6.54 Å². The molecule has 0 aliphatic rings. The lowest BCUT2D eigenvalue weighted by molar-refractivity contribution is 0.496. The highest BCUT2D eigenvalue weighted by molar-refractivity contribution is 5.85. The first kappa shape index (κ1) is 11.1. The minimum absolute atomic E-state index is 0.286. The molecule has 2 aromatic rings. The quantitative estimate of drug-likeness (QED) is 0.860. The second kappa shape index (κ2) is 4.26. The average molecular weight is 221 g/mol. The van der Waals surface area contributed by atoms with E-state index in [4.69, 9.17) is 4.42 Å². The van der Waals surface area contributed by atoms with Gasteiger partial charge in [0, 0.05) is 10.9 Å². The summed E-state index contributed by atoms with van der Waals surface area (Å²) in [6.45, 7) is 7.50. The number of benzene rings is 1. The molecule has 2 nitrogen and oxygen atoms in total. The minimum Gasteiger partial charge on any atom is -0.456 e. The number of aryl methyl sites for hydroxylation is 2. The topological polar surface area (TPSA) is 25.2 Å². The van der Waals surface area contributed by atoms with Crippen molar-refractivity contribution in [2.24, 2.45) is 0 Å². The van der Waals surface area contributed by atoms with Crippen LogP contribution in [0.15, 0.2) is 16.5 Å². The monoisotopic (exact) mass is 221 g/mol. The molecule has 1 aromatic heterocycles. The summed E-state index contributed by atoms with van der Waals surface area (Å²) in [6, 6.07) is 3.24. The maximum atomic E-state index is 13.6. The lowest BCUT2D eigenvalue weighted by atomic mass is 10.1. The number of fused-ring (bicyclic) bond motifs is 1. The van der Waals surface area contributed by atoms with Gasteiger partial charge < -0.3 is 9.73 Å². The first-order valence-electron chi connectivity index (χ1n) is 5.53. The molecule has 0 aliphatic carbocycles. The minimum atomic E-state index is -0.286. The van der Waals surface area contributed by atoms with Crippen molar-refractivity contribution in [3.63, 3.8) is 0 Å². The number of hydrogen-bond donors (Lipinski definition) is 1. The second-order valence-electron chi connectivity index (χ2n) is 4.00. The van der Waals surface area contributed by atoms with Crippen LogP contribution in [0.4, 0.5) is 4.39 Å². The van der Waals surface area contributed by atoms with Crippen molar-refractivity contribution < 1.29 is 8.81 Å². The Morgan fingerprint density at radius 3 is 2.69 bits per heavy atom. The van der Waals surface area contributed by atoms with Gasteiger partial charge in [0.15, 0.2) is 11.4 Å². The summed E-state index contributed by atoms with van der Waals surface area (Å²) in [5, 5.41) is 4.10. The van der Waals surface area contributed by atoms with E-state index < -0.39 is 0 Å². The summed E-state index contributed by atoms with van der Waals surface area (Å²) in [6.07, 6.45) is 0. The Bertz CT molecular complexity index is 516. The Kier molecular flexibility index (Phi) is 2.97.